The van der Waals surface area contributed by atoms with Gasteiger partial charge < -0.3 is 5.32 Å². The number of nitrogens with one attached hydrogen (secondary N) is 1. The molecule has 88 valence electrons. The topological polar surface area (TPSA) is 46.9 Å². The van der Waals surface area contributed by atoms with Gasteiger partial charge in [-0.25, -0.2) is 0 Å². The lowest BCUT2D eigenvalue weighted by Gasteiger charge is -2.21. The maximum absolute atomic E-state index is 12.3. The van der Waals surface area contributed by atoms with Crippen molar-refractivity contribution in [3.63, 3.8) is 0 Å². The minimum atomic E-state index is 0.0979. The number of rotatable bonds is 3. The van der Waals surface area contributed by atoms with E-state index < -0.39 is 0 Å². The molecule has 1 N–H and O–H groups in total. The largest absolute Gasteiger partial charge is 0.317 e. The molecular weight excluding hydrogens is 226 g/mol. The third kappa shape index (κ3) is 2.13. The van der Waals surface area contributed by atoms with Crippen molar-refractivity contribution < 1.29 is 4.79 Å². The molecule has 1 aliphatic heterocycles. The van der Waals surface area contributed by atoms with E-state index in [1.807, 2.05) is 6.92 Å². The van der Waals surface area contributed by atoms with Gasteiger partial charge in [0.25, 0.3) is 0 Å². The van der Waals surface area contributed by atoms with Crippen molar-refractivity contribution in [2.45, 2.75) is 26.3 Å². The van der Waals surface area contributed by atoms with E-state index in [4.69, 9.17) is 11.6 Å². The Balaban J connectivity index is 2.21. The van der Waals surface area contributed by atoms with E-state index in [1.165, 1.54) is 0 Å². The summed E-state index contributed by atoms with van der Waals surface area (Å²) in [5, 5.41) is 7.83. The highest BCUT2D eigenvalue weighted by molar-refractivity contribution is 6.33. The van der Waals surface area contributed by atoms with Gasteiger partial charge in [0, 0.05) is 12.5 Å². The summed E-state index contributed by atoms with van der Waals surface area (Å²) in [5.41, 5.74) is 0.580. The van der Waals surface area contributed by atoms with Crippen LogP contribution < -0.4 is 5.32 Å². The van der Waals surface area contributed by atoms with E-state index in [0.717, 1.165) is 25.9 Å². The number of halogens is 1. The van der Waals surface area contributed by atoms with Gasteiger partial charge in [0.05, 0.1) is 11.2 Å². The highest BCUT2D eigenvalue weighted by atomic mass is 35.5. The lowest BCUT2D eigenvalue weighted by atomic mass is 9.92. The SMILES string of the molecule is CCn1ncc(Cl)c1C(=O)C1CCNCC1. The molecule has 0 radical (unpaired) electrons. The van der Waals surface area contributed by atoms with Crippen LogP contribution in [0.3, 0.4) is 0 Å². The Labute approximate surface area is 100.0 Å². The highest BCUT2D eigenvalue weighted by Crippen LogP contribution is 2.23. The first-order valence-corrected chi connectivity index (χ1v) is 6.08. The molecule has 0 aromatic carbocycles. The summed E-state index contributed by atoms with van der Waals surface area (Å²) >= 11 is 6.02. The zero-order valence-electron chi connectivity index (χ0n) is 9.37. The Morgan fingerprint density at radius 3 is 2.94 bits per heavy atom. The monoisotopic (exact) mass is 241 g/mol. The molecule has 1 aliphatic rings. The van der Waals surface area contributed by atoms with Crippen LogP contribution in [-0.2, 0) is 6.54 Å². The molecule has 0 spiro atoms. The van der Waals surface area contributed by atoms with E-state index in [2.05, 4.69) is 10.4 Å². The first-order valence-electron chi connectivity index (χ1n) is 5.70. The van der Waals surface area contributed by atoms with E-state index in [1.54, 1.807) is 10.9 Å². The summed E-state index contributed by atoms with van der Waals surface area (Å²) in [5.74, 6) is 0.242. The van der Waals surface area contributed by atoms with Gasteiger partial charge in [0.2, 0.25) is 0 Å². The highest BCUT2D eigenvalue weighted by Gasteiger charge is 2.26. The molecule has 0 saturated carbocycles. The smallest absolute Gasteiger partial charge is 0.185 e. The van der Waals surface area contributed by atoms with Gasteiger partial charge in [0.1, 0.15) is 5.69 Å². The van der Waals surface area contributed by atoms with Crippen molar-refractivity contribution >= 4 is 17.4 Å². The normalized spacial score (nSPS) is 17.6. The molecule has 0 amide bonds. The lowest BCUT2D eigenvalue weighted by molar-refractivity contribution is 0.0884. The Hall–Kier alpha value is -0.870. The second-order valence-electron chi connectivity index (χ2n) is 4.05. The van der Waals surface area contributed by atoms with Crippen LogP contribution in [0.4, 0.5) is 0 Å². The van der Waals surface area contributed by atoms with Crippen molar-refractivity contribution in [3.8, 4) is 0 Å². The Morgan fingerprint density at radius 1 is 1.62 bits per heavy atom. The number of Topliss-reactive ketones (excluding diaryl/α,β-unsaturated/α-hetero) is 1. The van der Waals surface area contributed by atoms with Gasteiger partial charge in [-0.05, 0) is 32.9 Å². The number of nitrogens with zero attached hydrogens (tertiary/aromatic N) is 2. The van der Waals surface area contributed by atoms with Crippen LogP contribution in [-0.4, -0.2) is 28.7 Å². The molecule has 16 heavy (non-hydrogen) atoms. The predicted molar refractivity (Wildman–Crippen MR) is 62.8 cm³/mol. The zero-order valence-corrected chi connectivity index (χ0v) is 10.1. The molecule has 2 heterocycles. The number of ketones is 1. The van der Waals surface area contributed by atoms with Gasteiger partial charge in [-0.3, -0.25) is 9.48 Å². The Morgan fingerprint density at radius 2 is 2.31 bits per heavy atom. The average molecular weight is 242 g/mol. The molecule has 2 rings (SSSR count). The minimum absolute atomic E-state index is 0.0979. The number of aryl methyl sites for hydroxylation is 1. The van der Waals surface area contributed by atoms with Gasteiger partial charge >= 0.3 is 0 Å². The second kappa shape index (κ2) is 4.97. The van der Waals surface area contributed by atoms with Crippen LogP contribution in [0.2, 0.25) is 5.02 Å². The van der Waals surface area contributed by atoms with Crippen LogP contribution in [0.1, 0.15) is 30.3 Å². The average Bonchev–Trinajstić information content (AvgIpc) is 2.70. The summed E-state index contributed by atoms with van der Waals surface area (Å²) < 4.78 is 1.69. The standard InChI is InChI=1S/C11H16ClN3O/c1-2-15-10(9(12)7-14-15)11(16)8-3-5-13-6-4-8/h7-8,13H,2-6H2,1H3. The summed E-state index contributed by atoms with van der Waals surface area (Å²) in [4.78, 5) is 12.3. The molecule has 4 nitrogen and oxygen atoms in total. The third-order valence-electron chi connectivity index (χ3n) is 3.04. The summed E-state index contributed by atoms with van der Waals surface area (Å²) in [6.45, 7) is 4.46. The van der Waals surface area contributed by atoms with Gasteiger partial charge in [-0.1, -0.05) is 11.6 Å². The van der Waals surface area contributed by atoms with Crippen molar-refractivity contribution in [1.82, 2.24) is 15.1 Å². The fraction of sp³-hybridized carbons (Fsp3) is 0.636. The molecule has 1 aromatic rings. The maximum atomic E-state index is 12.3. The minimum Gasteiger partial charge on any atom is -0.317 e. The summed E-state index contributed by atoms with van der Waals surface area (Å²) in [6, 6.07) is 0. The van der Waals surface area contributed by atoms with E-state index in [0.29, 0.717) is 17.3 Å². The molecule has 1 saturated heterocycles. The number of piperidine rings is 1. The number of hydrogen-bond acceptors (Lipinski definition) is 3. The van der Waals surface area contributed by atoms with Gasteiger partial charge in [0.15, 0.2) is 5.78 Å². The van der Waals surface area contributed by atoms with E-state index >= 15 is 0 Å². The molecule has 1 aromatic heterocycles. The van der Waals surface area contributed by atoms with Crippen molar-refractivity contribution in [3.05, 3.63) is 16.9 Å². The first-order chi connectivity index (χ1) is 7.74. The van der Waals surface area contributed by atoms with Crippen LogP contribution in [0, 0.1) is 5.92 Å². The Kier molecular flexibility index (Phi) is 3.61. The quantitative estimate of drug-likeness (QED) is 0.820. The molecule has 5 heteroatoms. The summed E-state index contributed by atoms with van der Waals surface area (Å²) in [6.07, 6.45) is 3.34. The molecule has 0 unspecified atom stereocenters. The molecule has 0 bridgehead atoms. The predicted octanol–water partition coefficient (Wildman–Crippen LogP) is 1.74. The van der Waals surface area contributed by atoms with Crippen molar-refractivity contribution in [2.24, 2.45) is 5.92 Å². The lowest BCUT2D eigenvalue weighted by Crippen LogP contribution is -2.32. The molecule has 1 fully saturated rings. The van der Waals surface area contributed by atoms with Crippen LogP contribution in [0.5, 0.6) is 0 Å². The Bertz CT molecular complexity index is 383. The fourth-order valence-electron chi connectivity index (χ4n) is 2.12. The number of carbonyl (C=O) groups excluding carboxylic acids is 1. The van der Waals surface area contributed by atoms with Crippen LogP contribution in [0.25, 0.3) is 0 Å². The van der Waals surface area contributed by atoms with Crippen LogP contribution >= 0.6 is 11.6 Å². The third-order valence-corrected chi connectivity index (χ3v) is 3.31. The molecule has 0 aliphatic carbocycles. The van der Waals surface area contributed by atoms with Crippen molar-refractivity contribution in [1.29, 1.82) is 0 Å². The van der Waals surface area contributed by atoms with E-state index in [-0.39, 0.29) is 11.7 Å². The number of carbonyl (C=O) groups is 1. The van der Waals surface area contributed by atoms with E-state index in [9.17, 15) is 4.79 Å². The fourth-order valence-corrected chi connectivity index (χ4v) is 2.36. The molecule has 0 atom stereocenters. The van der Waals surface area contributed by atoms with Crippen molar-refractivity contribution in [2.75, 3.05) is 13.1 Å². The number of hydrogen-bond donors (Lipinski definition) is 1. The van der Waals surface area contributed by atoms with Gasteiger partial charge in [-0.15, -0.1) is 0 Å². The maximum Gasteiger partial charge on any atom is 0.185 e. The first kappa shape index (κ1) is 11.6. The zero-order chi connectivity index (χ0) is 11.5. The van der Waals surface area contributed by atoms with Gasteiger partial charge in [-0.2, -0.15) is 5.10 Å². The van der Waals surface area contributed by atoms with Crippen LogP contribution in [0.15, 0.2) is 6.20 Å². The molecular formula is C11H16ClN3O. The summed E-state index contributed by atoms with van der Waals surface area (Å²) in [7, 11) is 0. The number of aromatic nitrogens is 2. The second-order valence-corrected chi connectivity index (χ2v) is 4.45.